The molecule has 1 aliphatic carbocycles. The van der Waals surface area contributed by atoms with Crippen LogP contribution in [-0.2, 0) is 0 Å². The molecule has 1 fully saturated rings. The summed E-state index contributed by atoms with van der Waals surface area (Å²) in [6.07, 6.45) is 5.59. The van der Waals surface area contributed by atoms with Gasteiger partial charge in [-0.1, -0.05) is 12.8 Å². The van der Waals surface area contributed by atoms with Crippen LogP contribution in [0, 0.1) is 11.7 Å². The second-order valence-electron chi connectivity index (χ2n) is 5.41. The Bertz CT molecular complexity index is 358. The molecule has 0 atom stereocenters. The van der Waals surface area contributed by atoms with Gasteiger partial charge in [-0.25, -0.2) is 4.39 Å². The Kier molecular flexibility index (Phi) is 5.64. The molecule has 19 heavy (non-hydrogen) atoms. The summed E-state index contributed by atoms with van der Waals surface area (Å²) in [5.74, 6) is 0.722. The van der Waals surface area contributed by atoms with E-state index < -0.39 is 0 Å². The van der Waals surface area contributed by atoms with E-state index in [2.05, 4.69) is 17.1 Å². The minimum absolute atomic E-state index is 0.167. The van der Waals surface area contributed by atoms with E-state index in [1.165, 1.54) is 37.8 Å². The first kappa shape index (κ1) is 14.3. The molecule has 0 amide bonds. The molecule has 1 saturated carbocycles. The van der Waals surface area contributed by atoms with Crippen LogP contribution in [0.25, 0.3) is 0 Å². The van der Waals surface area contributed by atoms with Crippen LogP contribution in [0.5, 0.6) is 0 Å². The lowest BCUT2D eigenvalue weighted by molar-refractivity contribution is 0.491. The van der Waals surface area contributed by atoms with Crippen LogP contribution < -0.4 is 10.2 Å². The van der Waals surface area contributed by atoms with Gasteiger partial charge in [0.15, 0.2) is 0 Å². The van der Waals surface area contributed by atoms with E-state index in [0.29, 0.717) is 0 Å². The highest BCUT2D eigenvalue weighted by Crippen LogP contribution is 2.23. The molecule has 0 aromatic heterocycles. The van der Waals surface area contributed by atoms with Crippen LogP contribution in [0.3, 0.4) is 0 Å². The quantitative estimate of drug-likeness (QED) is 0.759. The molecule has 1 N–H and O–H groups in total. The first-order valence-corrected chi connectivity index (χ1v) is 7.51. The Balaban J connectivity index is 1.71. The van der Waals surface area contributed by atoms with Gasteiger partial charge >= 0.3 is 0 Å². The maximum atomic E-state index is 12.9. The lowest BCUT2D eigenvalue weighted by Gasteiger charge is -2.23. The zero-order valence-electron chi connectivity index (χ0n) is 11.9. The summed E-state index contributed by atoms with van der Waals surface area (Å²) in [7, 11) is 0. The predicted molar refractivity (Wildman–Crippen MR) is 79.1 cm³/mol. The fourth-order valence-electron chi connectivity index (χ4n) is 2.86. The van der Waals surface area contributed by atoms with Crippen molar-refractivity contribution in [2.75, 3.05) is 31.1 Å². The second kappa shape index (κ2) is 7.49. The fourth-order valence-corrected chi connectivity index (χ4v) is 2.86. The predicted octanol–water partition coefficient (Wildman–Crippen LogP) is 3.43. The van der Waals surface area contributed by atoms with Crippen molar-refractivity contribution in [3.8, 4) is 0 Å². The highest BCUT2D eigenvalue weighted by Gasteiger charge is 2.14. The number of hydrogen-bond acceptors (Lipinski definition) is 2. The number of rotatable bonds is 7. The van der Waals surface area contributed by atoms with Gasteiger partial charge in [0.05, 0.1) is 0 Å². The van der Waals surface area contributed by atoms with Crippen molar-refractivity contribution in [2.24, 2.45) is 5.92 Å². The Morgan fingerprint density at radius 2 is 1.89 bits per heavy atom. The van der Waals surface area contributed by atoms with Crippen LogP contribution in [-0.4, -0.2) is 26.2 Å². The van der Waals surface area contributed by atoms with Crippen LogP contribution in [0.1, 0.15) is 32.6 Å². The maximum absolute atomic E-state index is 12.9. The topological polar surface area (TPSA) is 15.3 Å². The van der Waals surface area contributed by atoms with Crippen molar-refractivity contribution in [3.63, 3.8) is 0 Å². The van der Waals surface area contributed by atoms with Crippen LogP contribution in [0.15, 0.2) is 24.3 Å². The van der Waals surface area contributed by atoms with Crippen molar-refractivity contribution in [2.45, 2.75) is 32.6 Å². The largest absolute Gasteiger partial charge is 0.371 e. The summed E-state index contributed by atoms with van der Waals surface area (Å²) in [4.78, 5) is 2.28. The smallest absolute Gasteiger partial charge is 0.123 e. The maximum Gasteiger partial charge on any atom is 0.123 e. The van der Waals surface area contributed by atoms with Crippen LogP contribution in [0.2, 0.25) is 0 Å². The third kappa shape index (κ3) is 4.50. The molecule has 0 saturated heterocycles. The van der Waals surface area contributed by atoms with Gasteiger partial charge in [-0.15, -0.1) is 0 Å². The molecule has 0 radical (unpaired) electrons. The summed E-state index contributed by atoms with van der Waals surface area (Å²) in [6, 6.07) is 6.78. The van der Waals surface area contributed by atoms with Crippen molar-refractivity contribution in [1.29, 1.82) is 0 Å². The van der Waals surface area contributed by atoms with E-state index in [-0.39, 0.29) is 5.82 Å². The van der Waals surface area contributed by atoms with Gasteiger partial charge in [-0.05, 0) is 56.5 Å². The number of nitrogens with one attached hydrogen (secondary N) is 1. The van der Waals surface area contributed by atoms with Crippen molar-refractivity contribution < 1.29 is 4.39 Å². The van der Waals surface area contributed by atoms with E-state index in [4.69, 9.17) is 0 Å². The molecule has 106 valence electrons. The fraction of sp³-hybridized carbons (Fsp3) is 0.625. The molecule has 0 bridgehead atoms. The Hall–Kier alpha value is -1.09. The first-order valence-electron chi connectivity index (χ1n) is 7.51. The Morgan fingerprint density at radius 3 is 2.53 bits per heavy atom. The summed E-state index contributed by atoms with van der Waals surface area (Å²) >= 11 is 0. The van der Waals surface area contributed by atoms with E-state index in [9.17, 15) is 4.39 Å². The Morgan fingerprint density at radius 1 is 1.21 bits per heavy atom. The van der Waals surface area contributed by atoms with Gasteiger partial charge in [-0.3, -0.25) is 0 Å². The van der Waals surface area contributed by atoms with Gasteiger partial charge in [0.25, 0.3) is 0 Å². The Labute approximate surface area is 116 Å². The molecule has 2 nitrogen and oxygen atoms in total. The highest BCUT2D eigenvalue weighted by atomic mass is 19.1. The van der Waals surface area contributed by atoms with Gasteiger partial charge in [0.2, 0.25) is 0 Å². The summed E-state index contributed by atoms with van der Waals surface area (Å²) in [6.45, 7) is 6.23. The second-order valence-corrected chi connectivity index (χ2v) is 5.41. The van der Waals surface area contributed by atoms with E-state index in [1.54, 1.807) is 0 Å². The van der Waals surface area contributed by atoms with Crippen LogP contribution >= 0.6 is 0 Å². The van der Waals surface area contributed by atoms with Crippen LogP contribution in [0.4, 0.5) is 10.1 Å². The monoisotopic (exact) mass is 264 g/mol. The molecular weight excluding hydrogens is 239 g/mol. The van der Waals surface area contributed by atoms with E-state index >= 15 is 0 Å². The molecule has 1 aromatic rings. The third-order valence-corrected chi connectivity index (χ3v) is 4.04. The minimum atomic E-state index is -0.167. The van der Waals surface area contributed by atoms with Crippen molar-refractivity contribution >= 4 is 5.69 Å². The summed E-state index contributed by atoms with van der Waals surface area (Å²) < 4.78 is 12.9. The number of halogens is 1. The average Bonchev–Trinajstić information content (AvgIpc) is 2.93. The average molecular weight is 264 g/mol. The molecule has 2 rings (SSSR count). The zero-order chi connectivity index (χ0) is 13.5. The minimum Gasteiger partial charge on any atom is -0.371 e. The number of benzene rings is 1. The summed E-state index contributed by atoms with van der Waals surface area (Å²) in [5, 5.41) is 3.56. The number of anilines is 1. The molecule has 0 spiro atoms. The SMILES string of the molecule is CCN(CCNCC1CCCC1)c1ccc(F)cc1. The normalized spacial score (nSPS) is 15.9. The zero-order valence-corrected chi connectivity index (χ0v) is 11.9. The van der Waals surface area contributed by atoms with Gasteiger partial charge in [0, 0.05) is 25.3 Å². The van der Waals surface area contributed by atoms with Crippen molar-refractivity contribution in [1.82, 2.24) is 5.32 Å². The number of nitrogens with zero attached hydrogens (tertiary/aromatic N) is 1. The lowest BCUT2D eigenvalue weighted by Crippen LogP contribution is -2.33. The van der Waals surface area contributed by atoms with Gasteiger partial charge in [0.1, 0.15) is 5.82 Å². The standard InChI is InChI=1S/C16H25FN2/c1-2-19(16-9-7-15(17)8-10-16)12-11-18-13-14-5-3-4-6-14/h7-10,14,18H,2-6,11-13H2,1H3. The molecule has 3 heteroatoms. The molecule has 0 unspecified atom stereocenters. The molecule has 1 aliphatic rings. The summed E-state index contributed by atoms with van der Waals surface area (Å²) in [5.41, 5.74) is 1.10. The van der Waals surface area contributed by atoms with Gasteiger partial charge < -0.3 is 10.2 Å². The third-order valence-electron chi connectivity index (χ3n) is 4.04. The number of hydrogen-bond donors (Lipinski definition) is 1. The van der Waals surface area contributed by atoms with Crippen molar-refractivity contribution in [3.05, 3.63) is 30.1 Å². The lowest BCUT2D eigenvalue weighted by atomic mass is 10.1. The molecule has 0 heterocycles. The van der Waals surface area contributed by atoms with E-state index in [1.807, 2.05) is 12.1 Å². The highest BCUT2D eigenvalue weighted by molar-refractivity contribution is 5.46. The van der Waals surface area contributed by atoms with E-state index in [0.717, 1.165) is 37.8 Å². The molecule has 1 aromatic carbocycles. The molecular formula is C16H25FN2. The van der Waals surface area contributed by atoms with Gasteiger partial charge in [-0.2, -0.15) is 0 Å². The molecule has 0 aliphatic heterocycles. The number of likely N-dealkylation sites (N-methyl/N-ethyl adjacent to an activating group) is 1. The first-order chi connectivity index (χ1) is 9.29.